The minimum atomic E-state index is -0.0174. The van der Waals surface area contributed by atoms with E-state index in [1.807, 2.05) is 47.4 Å². The minimum Gasteiger partial charge on any atom is -0.317 e. The van der Waals surface area contributed by atoms with E-state index in [2.05, 4.69) is 52.1 Å². The third-order valence-electron chi connectivity index (χ3n) is 5.82. The average Bonchev–Trinajstić information content (AvgIpc) is 2.74. The summed E-state index contributed by atoms with van der Waals surface area (Å²) in [6.07, 6.45) is 4.50. The lowest BCUT2D eigenvalue weighted by molar-refractivity contribution is 0.0989. The number of piperidine rings is 1. The number of anilines is 1. The maximum atomic E-state index is 13.2. The van der Waals surface area contributed by atoms with E-state index in [1.165, 1.54) is 18.4 Å². The highest BCUT2D eigenvalue weighted by molar-refractivity contribution is 9.10. The van der Waals surface area contributed by atoms with Crippen molar-refractivity contribution in [3.63, 3.8) is 0 Å². The molecule has 29 heavy (non-hydrogen) atoms. The molecule has 2 aromatic carbocycles. The highest BCUT2D eigenvalue weighted by atomic mass is 79.9. The first kappa shape index (κ1) is 21.8. The van der Waals surface area contributed by atoms with Gasteiger partial charge in [0.15, 0.2) is 0 Å². The van der Waals surface area contributed by atoms with Gasteiger partial charge in [-0.1, -0.05) is 59.6 Å². The van der Waals surface area contributed by atoms with Crippen LogP contribution in [0.4, 0.5) is 10.5 Å². The first-order valence-electron chi connectivity index (χ1n) is 10.7. The Labute approximate surface area is 183 Å². The van der Waals surface area contributed by atoms with E-state index < -0.39 is 0 Å². The van der Waals surface area contributed by atoms with Crippen molar-refractivity contribution in [3.8, 4) is 0 Å². The van der Waals surface area contributed by atoms with E-state index in [9.17, 15) is 4.79 Å². The molecule has 0 spiro atoms. The summed E-state index contributed by atoms with van der Waals surface area (Å²) in [6.45, 7) is 7.33. The second-order valence-electron chi connectivity index (χ2n) is 7.96. The summed E-state index contributed by atoms with van der Waals surface area (Å²) in [6, 6.07) is 18.9. The number of rotatable bonds is 7. The van der Waals surface area contributed by atoms with Crippen LogP contribution in [0.25, 0.3) is 0 Å². The lowest BCUT2D eigenvalue weighted by atomic mass is 10.00. The molecule has 0 radical (unpaired) electrons. The highest BCUT2D eigenvalue weighted by Crippen LogP contribution is 2.23. The monoisotopic (exact) mass is 457 g/mol. The molecule has 1 aliphatic heterocycles. The van der Waals surface area contributed by atoms with Crippen LogP contribution >= 0.6 is 15.9 Å². The van der Waals surface area contributed by atoms with Crippen LogP contribution in [0.3, 0.4) is 0 Å². The van der Waals surface area contributed by atoms with Crippen molar-refractivity contribution >= 4 is 27.6 Å². The van der Waals surface area contributed by atoms with Crippen molar-refractivity contribution in [2.45, 2.75) is 58.2 Å². The van der Waals surface area contributed by atoms with E-state index in [0.29, 0.717) is 12.6 Å². The van der Waals surface area contributed by atoms with Crippen LogP contribution in [0.1, 0.15) is 45.1 Å². The summed E-state index contributed by atoms with van der Waals surface area (Å²) in [4.78, 5) is 17.8. The third-order valence-corrected chi connectivity index (χ3v) is 6.35. The fourth-order valence-electron chi connectivity index (χ4n) is 4.11. The molecule has 0 aliphatic carbocycles. The number of carbonyl (C=O) groups is 1. The number of hydrogen-bond acceptors (Lipinski definition) is 2. The molecule has 1 heterocycles. The zero-order valence-electron chi connectivity index (χ0n) is 17.5. The number of nitrogens with one attached hydrogen (secondary N) is 1. The Bertz CT molecular complexity index is 757. The van der Waals surface area contributed by atoms with Crippen LogP contribution in [0, 0.1) is 0 Å². The maximum Gasteiger partial charge on any atom is 0.322 e. The zero-order chi connectivity index (χ0) is 20.6. The van der Waals surface area contributed by atoms with E-state index in [4.69, 9.17) is 0 Å². The van der Waals surface area contributed by atoms with Crippen LogP contribution in [-0.2, 0) is 6.54 Å². The van der Waals surface area contributed by atoms with Gasteiger partial charge in [-0.2, -0.15) is 0 Å². The van der Waals surface area contributed by atoms with Gasteiger partial charge in [-0.25, -0.2) is 4.79 Å². The smallest absolute Gasteiger partial charge is 0.317 e. The van der Waals surface area contributed by atoms with Crippen molar-refractivity contribution in [3.05, 3.63) is 64.6 Å². The normalized spacial score (nSPS) is 16.4. The Hall–Kier alpha value is -1.85. The van der Waals surface area contributed by atoms with E-state index in [0.717, 1.165) is 36.1 Å². The quantitative estimate of drug-likeness (QED) is 0.541. The molecule has 156 valence electrons. The molecule has 0 saturated carbocycles. The van der Waals surface area contributed by atoms with Crippen LogP contribution in [0.2, 0.25) is 0 Å². The SMILES string of the molecule is CCCC(C)N1CCC(N(Cc2ccccc2)C(=O)Nc2ccc(Br)cc2)CC1. The summed E-state index contributed by atoms with van der Waals surface area (Å²) >= 11 is 3.45. The number of urea groups is 1. The van der Waals surface area contributed by atoms with Gasteiger partial charge < -0.3 is 15.1 Å². The molecule has 1 aliphatic rings. The molecular weight excluding hydrogens is 426 g/mol. The third kappa shape index (κ3) is 6.31. The number of benzene rings is 2. The first-order valence-corrected chi connectivity index (χ1v) is 11.5. The standard InChI is InChI=1S/C24H32BrN3O/c1-3-7-19(2)27-16-14-23(15-17-27)28(18-20-8-5-4-6-9-20)24(29)26-22-12-10-21(25)11-13-22/h4-6,8-13,19,23H,3,7,14-18H2,1-2H3,(H,26,29). The van der Waals surface area contributed by atoms with Crippen LogP contribution in [-0.4, -0.2) is 41.0 Å². The van der Waals surface area contributed by atoms with Crippen LogP contribution < -0.4 is 5.32 Å². The fraction of sp³-hybridized carbons (Fsp3) is 0.458. The molecule has 4 nitrogen and oxygen atoms in total. The molecule has 1 fully saturated rings. The van der Waals surface area contributed by atoms with Crippen LogP contribution in [0.5, 0.6) is 0 Å². The summed E-state index contributed by atoms with van der Waals surface area (Å²) in [7, 11) is 0. The summed E-state index contributed by atoms with van der Waals surface area (Å²) < 4.78 is 1.00. The fourth-order valence-corrected chi connectivity index (χ4v) is 4.38. The summed E-state index contributed by atoms with van der Waals surface area (Å²) in [5, 5.41) is 3.09. The van der Waals surface area contributed by atoms with Crippen molar-refractivity contribution < 1.29 is 4.79 Å². The molecule has 1 unspecified atom stereocenters. The molecule has 5 heteroatoms. The van der Waals surface area contributed by atoms with Crippen molar-refractivity contribution in [1.29, 1.82) is 0 Å². The number of halogens is 1. The molecule has 3 rings (SSSR count). The van der Waals surface area contributed by atoms with Crippen molar-refractivity contribution in [2.75, 3.05) is 18.4 Å². The van der Waals surface area contributed by atoms with Gasteiger partial charge in [0, 0.05) is 41.9 Å². The largest absolute Gasteiger partial charge is 0.322 e. The molecule has 1 N–H and O–H groups in total. The number of carbonyl (C=O) groups excluding carboxylic acids is 1. The molecule has 1 saturated heterocycles. The Morgan fingerprint density at radius 3 is 2.41 bits per heavy atom. The van der Waals surface area contributed by atoms with Gasteiger partial charge in [0.1, 0.15) is 0 Å². The Morgan fingerprint density at radius 1 is 1.14 bits per heavy atom. The molecule has 2 aromatic rings. The van der Waals surface area contributed by atoms with Crippen molar-refractivity contribution in [1.82, 2.24) is 9.80 Å². The number of nitrogens with zero attached hydrogens (tertiary/aromatic N) is 2. The molecule has 1 atom stereocenters. The summed E-state index contributed by atoms with van der Waals surface area (Å²) in [5.74, 6) is 0. The number of amides is 2. The van der Waals surface area contributed by atoms with Gasteiger partial charge >= 0.3 is 6.03 Å². The van der Waals surface area contributed by atoms with Gasteiger partial charge in [0.05, 0.1) is 0 Å². The topological polar surface area (TPSA) is 35.6 Å². The van der Waals surface area contributed by atoms with Gasteiger partial charge in [0.2, 0.25) is 0 Å². The lowest BCUT2D eigenvalue weighted by Gasteiger charge is -2.40. The summed E-state index contributed by atoms with van der Waals surface area (Å²) in [5.41, 5.74) is 1.99. The number of likely N-dealkylation sites (tertiary alicyclic amines) is 1. The van der Waals surface area contributed by atoms with Gasteiger partial charge in [-0.05, 0) is 56.0 Å². The Balaban J connectivity index is 1.69. The van der Waals surface area contributed by atoms with Gasteiger partial charge in [-0.15, -0.1) is 0 Å². The Kier molecular flexibility index (Phi) is 8.13. The lowest BCUT2D eigenvalue weighted by Crippen LogP contribution is -2.50. The molecule has 0 bridgehead atoms. The second-order valence-corrected chi connectivity index (χ2v) is 8.87. The van der Waals surface area contributed by atoms with E-state index in [1.54, 1.807) is 0 Å². The molecular formula is C24H32BrN3O. The highest BCUT2D eigenvalue weighted by Gasteiger charge is 2.29. The van der Waals surface area contributed by atoms with E-state index in [-0.39, 0.29) is 12.1 Å². The molecule has 2 amide bonds. The van der Waals surface area contributed by atoms with Gasteiger partial charge in [0.25, 0.3) is 0 Å². The zero-order valence-corrected chi connectivity index (χ0v) is 19.1. The Morgan fingerprint density at radius 2 is 1.79 bits per heavy atom. The van der Waals surface area contributed by atoms with Crippen molar-refractivity contribution in [2.24, 2.45) is 0 Å². The first-order chi connectivity index (χ1) is 14.1. The van der Waals surface area contributed by atoms with Gasteiger partial charge in [-0.3, -0.25) is 0 Å². The predicted molar refractivity (Wildman–Crippen MR) is 124 cm³/mol. The van der Waals surface area contributed by atoms with Crippen LogP contribution in [0.15, 0.2) is 59.1 Å². The maximum absolute atomic E-state index is 13.2. The molecule has 0 aromatic heterocycles. The minimum absolute atomic E-state index is 0.0174. The average molecular weight is 458 g/mol. The second kappa shape index (κ2) is 10.8. The number of hydrogen-bond donors (Lipinski definition) is 1. The van der Waals surface area contributed by atoms with E-state index >= 15 is 0 Å². The predicted octanol–water partition coefficient (Wildman–Crippen LogP) is 6.14.